The molecule has 1 aliphatic heterocycles. The number of ether oxygens (including phenoxy) is 1. The zero-order chi connectivity index (χ0) is 17.4. The van der Waals surface area contributed by atoms with Gasteiger partial charge >= 0.3 is 0 Å². The van der Waals surface area contributed by atoms with Gasteiger partial charge in [-0.2, -0.15) is 0 Å². The Balaban J connectivity index is 1.88. The zero-order valence-electron chi connectivity index (χ0n) is 13.8. The molecule has 2 rings (SSSR count). The molecule has 1 unspecified atom stereocenters. The number of aliphatic imine (C=N–C) groups is 1. The van der Waals surface area contributed by atoms with Crippen LogP contribution in [0.25, 0.3) is 0 Å². The molecule has 1 heterocycles. The van der Waals surface area contributed by atoms with Crippen LogP contribution in [-0.2, 0) is 11.3 Å². The molecule has 0 bridgehead atoms. The van der Waals surface area contributed by atoms with E-state index >= 15 is 0 Å². The first-order chi connectivity index (χ1) is 11.6. The third-order valence-electron chi connectivity index (χ3n) is 4.26. The number of rotatable bonds is 7. The van der Waals surface area contributed by atoms with Gasteiger partial charge in [-0.25, -0.2) is 0 Å². The van der Waals surface area contributed by atoms with Crippen LogP contribution in [0.5, 0.6) is 0 Å². The lowest BCUT2D eigenvalue weighted by Crippen LogP contribution is -2.44. The highest BCUT2D eigenvalue weighted by Crippen LogP contribution is 2.31. The second kappa shape index (κ2) is 8.60. The Morgan fingerprint density at radius 2 is 2.33 bits per heavy atom. The fourth-order valence-corrected chi connectivity index (χ4v) is 2.77. The van der Waals surface area contributed by atoms with Crippen LogP contribution in [-0.4, -0.2) is 49.4 Å². The SMILES string of the molecule is CN=C(NCc1cccc([N+](=O)[O-])c1)NCC1(CCO)CCOC1. The highest BCUT2D eigenvalue weighted by atomic mass is 16.6. The van der Waals surface area contributed by atoms with Gasteiger partial charge in [-0.1, -0.05) is 12.1 Å². The Morgan fingerprint density at radius 1 is 1.50 bits per heavy atom. The minimum absolute atomic E-state index is 0.0715. The van der Waals surface area contributed by atoms with E-state index in [4.69, 9.17) is 4.74 Å². The summed E-state index contributed by atoms with van der Waals surface area (Å²) in [6.45, 7) is 2.56. The van der Waals surface area contributed by atoms with Gasteiger partial charge in [0.25, 0.3) is 5.69 Å². The van der Waals surface area contributed by atoms with E-state index in [0.29, 0.717) is 38.7 Å². The molecule has 1 aromatic rings. The van der Waals surface area contributed by atoms with Crippen LogP contribution in [0.3, 0.4) is 0 Å². The van der Waals surface area contributed by atoms with Crippen LogP contribution < -0.4 is 10.6 Å². The van der Waals surface area contributed by atoms with Gasteiger partial charge in [0.05, 0.1) is 11.5 Å². The fraction of sp³-hybridized carbons (Fsp3) is 0.562. The van der Waals surface area contributed by atoms with E-state index in [1.165, 1.54) is 6.07 Å². The van der Waals surface area contributed by atoms with Gasteiger partial charge in [0.1, 0.15) is 0 Å². The summed E-state index contributed by atoms with van der Waals surface area (Å²) in [7, 11) is 1.67. The number of hydrogen-bond acceptors (Lipinski definition) is 5. The van der Waals surface area contributed by atoms with Crippen LogP contribution in [0, 0.1) is 15.5 Å². The van der Waals surface area contributed by atoms with Crippen molar-refractivity contribution in [1.82, 2.24) is 10.6 Å². The maximum absolute atomic E-state index is 10.8. The number of nitro groups is 1. The van der Waals surface area contributed by atoms with E-state index in [-0.39, 0.29) is 17.7 Å². The molecule has 24 heavy (non-hydrogen) atoms. The summed E-state index contributed by atoms with van der Waals surface area (Å²) in [6, 6.07) is 6.50. The number of aliphatic hydroxyl groups excluding tert-OH is 1. The first-order valence-corrected chi connectivity index (χ1v) is 7.95. The first-order valence-electron chi connectivity index (χ1n) is 7.95. The van der Waals surface area contributed by atoms with Crippen molar-refractivity contribution in [2.24, 2.45) is 10.4 Å². The van der Waals surface area contributed by atoms with Gasteiger partial charge in [0, 0.05) is 50.9 Å². The van der Waals surface area contributed by atoms with Crippen molar-refractivity contribution in [3.63, 3.8) is 0 Å². The third kappa shape index (κ3) is 4.90. The van der Waals surface area contributed by atoms with E-state index in [9.17, 15) is 15.2 Å². The van der Waals surface area contributed by atoms with Gasteiger partial charge in [-0.3, -0.25) is 15.1 Å². The van der Waals surface area contributed by atoms with Crippen LogP contribution >= 0.6 is 0 Å². The normalized spacial score (nSPS) is 20.8. The smallest absolute Gasteiger partial charge is 0.269 e. The summed E-state index contributed by atoms with van der Waals surface area (Å²) in [5, 5.41) is 26.5. The lowest BCUT2D eigenvalue weighted by atomic mass is 9.84. The molecule has 1 aliphatic rings. The average molecular weight is 336 g/mol. The van der Waals surface area contributed by atoms with Gasteiger partial charge in [-0.15, -0.1) is 0 Å². The lowest BCUT2D eigenvalue weighted by molar-refractivity contribution is -0.384. The Morgan fingerprint density at radius 3 is 2.96 bits per heavy atom. The molecule has 8 nitrogen and oxygen atoms in total. The molecule has 1 aromatic carbocycles. The number of non-ortho nitro benzene ring substituents is 1. The van der Waals surface area contributed by atoms with E-state index in [1.54, 1.807) is 19.2 Å². The third-order valence-corrected chi connectivity index (χ3v) is 4.26. The van der Waals surface area contributed by atoms with Crippen LogP contribution in [0.1, 0.15) is 18.4 Å². The predicted octanol–water partition coefficient (Wildman–Crippen LogP) is 1.05. The molecule has 1 atom stereocenters. The second-order valence-electron chi connectivity index (χ2n) is 5.98. The largest absolute Gasteiger partial charge is 0.396 e. The molecule has 8 heteroatoms. The molecule has 0 aromatic heterocycles. The van der Waals surface area contributed by atoms with Crippen molar-refractivity contribution in [1.29, 1.82) is 0 Å². The molecule has 0 saturated carbocycles. The maximum Gasteiger partial charge on any atom is 0.269 e. The van der Waals surface area contributed by atoms with Crippen molar-refractivity contribution >= 4 is 11.6 Å². The summed E-state index contributed by atoms with van der Waals surface area (Å²) >= 11 is 0. The number of nitro benzene ring substituents is 1. The summed E-state index contributed by atoms with van der Waals surface area (Å²) in [5.41, 5.74) is 0.807. The number of guanidine groups is 1. The zero-order valence-corrected chi connectivity index (χ0v) is 13.8. The van der Waals surface area contributed by atoms with E-state index in [2.05, 4.69) is 15.6 Å². The topological polar surface area (TPSA) is 109 Å². The summed E-state index contributed by atoms with van der Waals surface area (Å²) < 4.78 is 5.47. The summed E-state index contributed by atoms with van der Waals surface area (Å²) in [5.74, 6) is 0.616. The molecule has 132 valence electrons. The van der Waals surface area contributed by atoms with Crippen LogP contribution in [0.15, 0.2) is 29.3 Å². The average Bonchev–Trinajstić information content (AvgIpc) is 3.04. The number of hydrogen-bond donors (Lipinski definition) is 3. The van der Waals surface area contributed by atoms with E-state index in [0.717, 1.165) is 12.0 Å². The number of nitrogens with zero attached hydrogens (tertiary/aromatic N) is 2. The molecule has 0 aliphatic carbocycles. The fourth-order valence-electron chi connectivity index (χ4n) is 2.77. The molecule has 0 amide bonds. The quantitative estimate of drug-likeness (QED) is 0.297. The van der Waals surface area contributed by atoms with Gasteiger partial charge in [0.2, 0.25) is 0 Å². The Hall–Kier alpha value is -2.19. The van der Waals surface area contributed by atoms with Crippen molar-refractivity contribution in [2.45, 2.75) is 19.4 Å². The molecule has 0 radical (unpaired) electrons. The Labute approximate surface area is 141 Å². The standard InChI is InChI=1S/C16H24N4O4/c1-17-15(19-11-16(5-7-21)6-8-24-12-16)18-10-13-3-2-4-14(9-13)20(22)23/h2-4,9,21H,5-8,10-12H2,1H3,(H2,17,18,19). The Kier molecular flexibility index (Phi) is 6.51. The highest BCUT2D eigenvalue weighted by Gasteiger charge is 2.34. The molecule has 1 saturated heterocycles. The number of nitrogens with one attached hydrogen (secondary N) is 2. The van der Waals surface area contributed by atoms with E-state index in [1.807, 2.05) is 6.07 Å². The summed E-state index contributed by atoms with van der Waals surface area (Å²) in [4.78, 5) is 14.6. The molecule has 3 N–H and O–H groups in total. The predicted molar refractivity (Wildman–Crippen MR) is 90.9 cm³/mol. The summed E-state index contributed by atoms with van der Waals surface area (Å²) in [6.07, 6.45) is 1.59. The molecule has 1 fully saturated rings. The highest BCUT2D eigenvalue weighted by molar-refractivity contribution is 5.79. The monoisotopic (exact) mass is 336 g/mol. The molecular weight excluding hydrogens is 312 g/mol. The van der Waals surface area contributed by atoms with E-state index < -0.39 is 4.92 Å². The minimum Gasteiger partial charge on any atom is -0.396 e. The number of aliphatic hydroxyl groups is 1. The minimum atomic E-state index is -0.407. The second-order valence-corrected chi connectivity index (χ2v) is 5.98. The number of benzene rings is 1. The van der Waals surface area contributed by atoms with Crippen molar-refractivity contribution in [3.8, 4) is 0 Å². The maximum atomic E-state index is 10.8. The van der Waals surface area contributed by atoms with Crippen molar-refractivity contribution < 1.29 is 14.8 Å². The molecular formula is C16H24N4O4. The van der Waals surface area contributed by atoms with Gasteiger partial charge in [0.15, 0.2) is 5.96 Å². The Bertz CT molecular complexity index is 585. The van der Waals surface area contributed by atoms with Crippen LogP contribution in [0.2, 0.25) is 0 Å². The van der Waals surface area contributed by atoms with Crippen LogP contribution in [0.4, 0.5) is 5.69 Å². The van der Waals surface area contributed by atoms with Crippen molar-refractivity contribution in [2.75, 3.05) is 33.4 Å². The molecule has 0 spiro atoms. The lowest BCUT2D eigenvalue weighted by Gasteiger charge is -2.27. The van der Waals surface area contributed by atoms with Gasteiger partial charge < -0.3 is 20.5 Å². The van der Waals surface area contributed by atoms with Crippen molar-refractivity contribution in [3.05, 3.63) is 39.9 Å². The first kappa shape index (κ1) is 18.2. The van der Waals surface area contributed by atoms with Gasteiger partial charge in [-0.05, 0) is 18.4 Å².